The molecule has 4 nitrogen and oxygen atoms in total. The molecule has 1 aromatic rings. The SMILES string of the molecule is Cl.NC[C@H]1CC[C@@H](C(=O)Nc2ccccc2)O1. The number of rotatable bonds is 3. The minimum Gasteiger partial charge on any atom is -0.364 e. The van der Waals surface area contributed by atoms with E-state index in [0.29, 0.717) is 6.54 Å². The quantitative estimate of drug-likeness (QED) is 0.863. The van der Waals surface area contributed by atoms with E-state index >= 15 is 0 Å². The Hall–Kier alpha value is -1.10. The van der Waals surface area contributed by atoms with E-state index < -0.39 is 0 Å². The van der Waals surface area contributed by atoms with Crippen LogP contribution in [-0.4, -0.2) is 24.7 Å². The molecule has 2 atom stereocenters. The lowest BCUT2D eigenvalue weighted by Crippen LogP contribution is -2.29. The van der Waals surface area contributed by atoms with E-state index in [4.69, 9.17) is 10.5 Å². The summed E-state index contributed by atoms with van der Waals surface area (Å²) >= 11 is 0. The zero-order valence-corrected chi connectivity index (χ0v) is 10.3. The standard InChI is InChI=1S/C12H16N2O2.ClH/c13-8-10-6-7-11(16-10)12(15)14-9-4-2-1-3-5-9;/h1-5,10-11H,6-8,13H2,(H,14,15);1H/t10-,11+;/m1./s1. The minimum absolute atomic E-state index is 0. The molecule has 0 aromatic heterocycles. The Morgan fingerprint density at radius 3 is 2.65 bits per heavy atom. The molecule has 0 radical (unpaired) electrons. The average molecular weight is 257 g/mol. The fourth-order valence-electron chi connectivity index (χ4n) is 1.82. The number of amides is 1. The van der Waals surface area contributed by atoms with Gasteiger partial charge in [-0.15, -0.1) is 12.4 Å². The lowest BCUT2D eigenvalue weighted by molar-refractivity contribution is -0.126. The minimum atomic E-state index is -0.353. The highest BCUT2D eigenvalue weighted by atomic mass is 35.5. The maximum absolute atomic E-state index is 11.8. The molecule has 94 valence electrons. The van der Waals surface area contributed by atoms with Crippen molar-refractivity contribution in [3.05, 3.63) is 30.3 Å². The van der Waals surface area contributed by atoms with Crippen molar-refractivity contribution < 1.29 is 9.53 Å². The molecule has 3 N–H and O–H groups in total. The van der Waals surface area contributed by atoms with E-state index in [2.05, 4.69) is 5.32 Å². The molecule has 1 aliphatic heterocycles. The second-order valence-electron chi connectivity index (χ2n) is 3.92. The molecule has 0 unspecified atom stereocenters. The van der Waals surface area contributed by atoms with Gasteiger partial charge in [0, 0.05) is 12.2 Å². The molecular formula is C12H17ClN2O2. The van der Waals surface area contributed by atoms with Crippen molar-refractivity contribution in [2.45, 2.75) is 25.0 Å². The van der Waals surface area contributed by atoms with Gasteiger partial charge < -0.3 is 15.8 Å². The second kappa shape index (κ2) is 6.59. The Kier molecular flexibility index (Phi) is 5.41. The van der Waals surface area contributed by atoms with Gasteiger partial charge >= 0.3 is 0 Å². The molecule has 0 bridgehead atoms. The van der Waals surface area contributed by atoms with Crippen molar-refractivity contribution in [1.82, 2.24) is 0 Å². The van der Waals surface area contributed by atoms with Crippen LogP contribution in [0.3, 0.4) is 0 Å². The molecule has 0 spiro atoms. The van der Waals surface area contributed by atoms with Gasteiger partial charge in [-0.3, -0.25) is 4.79 Å². The molecule has 1 amide bonds. The number of hydrogen-bond acceptors (Lipinski definition) is 3. The van der Waals surface area contributed by atoms with Gasteiger partial charge in [0.15, 0.2) is 0 Å². The van der Waals surface area contributed by atoms with E-state index in [1.807, 2.05) is 30.3 Å². The van der Waals surface area contributed by atoms with Gasteiger partial charge in [-0.1, -0.05) is 18.2 Å². The van der Waals surface area contributed by atoms with Crippen LogP contribution < -0.4 is 11.1 Å². The van der Waals surface area contributed by atoms with Gasteiger partial charge in [-0.05, 0) is 25.0 Å². The second-order valence-corrected chi connectivity index (χ2v) is 3.92. The summed E-state index contributed by atoms with van der Waals surface area (Å²) < 4.78 is 5.51. The van der Waals surface area contributed by atoms with Crippen LogP contribution in [0.15, 0.2) is 30.3 Å². The number of nitrogens with one attached hydrogen (secondary N) is 1. The zero-order chi connectivity index (χ0) is 11.4. The maximum atomic E-state index is 11.8. The normalized spacial score (nSPS) is 22.9. The molecule has 0 saturated carbocycles. The van der Waals surface area contributed by atoms with E-state index in [1.54, 1.807) is 0 Å². The number of ether oxygens (including phenoxy) is 1. The molecule has 1 saturated heterocycles. The number of benzene rings is 1. The van der Waals surface area contributed by atoms with E-state index in [9.17, 15) is 4.79 Å². The first-order valence-electron chi connectivity index (χ1n) is 5.51. The lowest BCUT2D eigenvalue weighted by Gasteiger charge is -2.12. The van der Waals surface area contributed by atoms with Crippen LogP contribution in [0.4, 0.5) is 5.69 Å². The van der Waals surface area contributed by atoms with Crippen LogP contribution in [0.2, 0.25) is 0 Å². The highest BCUT2D eigenvalue weighted by Gasteiger charge is 2.29. The molecule has 1 fully saturated rings. The van der Waals surface area contributed by atoms with Gasteiger partial charge in [0.2, 0.25) is 0 Å². The third kappa shape index (κ3) is 3.70. The van der Waals surface area contributed by atoms with E-state index in [-0.39, 0.29) is 30.5 Å². The van der Waals surface area contributed by atoms with Crippen molar-refractivity contribution in [2.24, 2.45) is 5.73 Å². The monoisotopic (exact) mass is 256 g/mol. The van der Waals surface area contributed by atoms with Crippen molar-refractivity contribution >= 4 is 24.0 Å². The first-order valence-corrected chi connectivity index (χ1v) is 5.51. The number of hydrogen-bond donors (Lipinski definition) is 2. The van der Waals surface area contributed by atoms with Crippen LogP contribution in [0.5, 0.6) is 0 Å². The molecule has 5 heteroatoms. The number of carbonyl (C=O) groups excluding carboxylic acids is 1. The summed E-state index contributed by atoms with van der Waals surface area (Å²) in [6, 6.07) is 9.38. The topological polar surface area (TPSA) is 64.4 Å². The zero-order valence-electron chi connectivity index (χ0n) is 9.46. The fraction of sp³-hybridized carbons (Fsp3) is 0.417. The van der Waals surface area contributed by atoms with Gasteiger partial charge in [0.05, 0.1) is 6.10 Å². The number of carbonyl (C=O) groups is 1. The Balaban J connectivity index is 0.00000144. The van der Waals surface area contributed by atoms with Gasteiger partial charge in [0.1, 0.15) is 6.10 Å². The Labute approximate surface area is 107 Å². The third-order valence-corrected chi connectivity index (χ3v) is 2.70. The first-order chi connectivity index (χ1) is 7.79. The van der Waals surface area contributed by atoms with Crippen molar-refractivity contribution in [3.63, 3.8) is 0 Å². The first kappa shape index (κ1) is 14.0. The van der Waals surface area contributed by atoms with Crippen LogP contribution >= 0.6 is 12.4 Å². The van der Waals surface area contributed by atoms with Gasteiger partial charge in [-0.25, -0.2) is 0 Å². The molecule has 0 aliphatic carbocycles. The van der Waals surface area contributed by atoms with Crippen molar-refractivity contribution in [3.8, 4) is 0 Å². The summed E-state index contributed by atoms with van der Waals surface area (Å²) in [6.07, 6.45) is 1.30. The van der Waals surface area contributed by atoms with Crippen LogP contribution in [0.25, 0.3) is 0 Å². The van der Waals surface area contributed by atoms with E-state index in [1.165, 1.54) is 0 Å². The predicted octanol–water partition coefficient (Wildman–Crippen LogP) is 1.55. The summed E-state index contributed by atoms with van der Waals surface area (Å²) in [5.74, 6) is -0.0813. The van der Waals surface area contributed by atoms with Crippen LogP contribution in [-0.2, 0) is 9.53 Å². The fourth-order valence-corrected chi connectivity index (χ4v) is 1.82. The van der Waals surface area contributed by atoms with Gasteiger partial charge in [0.25, 0.3) is 5.91 Å². The highest BCUT2D eigenvalue weighted by molar-refractivity contribution is 5.94. The molecule has 1 aromatic carbocycles. The summed E-state index contributed by atoms with van der Waals surface area (Å²) in [4.78, 5) is 11.8. The average Bonchev–Trinajstić information content (AvgIpc) is 2.79. The van der Waals surface area contributed by atoms with Crippen molar-refractivity contribution in [1.29, 1.82) is 0 Å². The summed E-state index contributed by atoms with van der Waals surface area (Å²) in [5.41, 5.74) is 6.29. The van der Waals surface area contributed by atoms with E-state index in [0.717, 1.165) is 18.5 Å². The summed E-state index contributed by atoms with van der Waals surface area (Å²) in [6.45, 7) is 0.481. The number of para-hydroxylation sites is 1. The van der Waals surface area contributed by atoms with Crippen LogP contribution in [0, 0.1) is 0 Å². The number of nitrogens with two attached hydrogens (primary N) is 1. The molecular weight excluding hydrogens is 240 g/mol. The van der Waals surface area contributed by atoms with Crippen molar-refractivity contribution in [2.75, 3.05) is 11.9 Å². The molecule has 1 heterocycles. The molecule has 1 aliphatic rings. The van der Waals surface area contributed by atoms with Crippen LogP contribution in [0.1, 0.15) is 12.8 Å². The smallest absolute Gasteiger partial charge is 0.253 e. The maximum Gasteiger partial charge on any atom is 0.253 e. The largest absolute Gasteiger partial charge is 0.364 e. The Morgan fingerprint density at radius 1 is 1.35 bits per heavy atom. The summed E-state index contributed by atoms with van der Waals surface area (Å²) in [5, 5.41) is 2.82. The molecule has 2 rings (SSSR count). The Bertz CT molecular complexity index is 359. The number of anilines is 1. The third-order valence-electron chi connectivity index (χ3n) is 2.70. The van der Waals surface area contributed by atoms with Gasteiger partial charge in [-0.2, -0.15) is 0 Å². The lowest BCUT2D eigenvalue weighted by atomic mass is 10.2. The Morgan fingerprint density at radius 2 is 2.06 bits per heavy atom. The predicted molar refractivity (Wildman–Crippen MR) is 69.3 cm³/mol. The highest BCUT2D eigenvalue weighted by Crippen LogP contribution is 2.20. The molecule has 17 heavy (non-hydrogen) atoms. The number of halogens is 1. The summed E-state index contributed by atoms with van der Waals surface area (Å²) in [7, 11) is 0.